The quantitative estimate of drug-likeness (QED) is 0.329. The van der Waals surface area contributed by atoms with Gasteiger partial charge in [0.2, 0.25) is 5.78 Å². The Balaban J connectivity index is 1.54. The molecule has 32 heavy (non-hydrogen) atoms. The van der Waals surface area contributed by atoms with Gasteiger partial charge in [-0.1, -0.05) is 78.9 Å². The van der Waals surface area contributed by atoms with Crippen molar-refractivity contribution in [3.63, 3.8) is 0 Å². The van der Waals surface area contributed by atoms with Crippen LogP contribution in [-0.4, -0.2) is 20.4 Å². The lowest BCUT2D eigenvalue weighted by Gasteiger charge is -2.03. The molecular weight excluding hydrogens is 398 g/mol. The summed E-state index contributed by atoms with van der Waals surface area (Å²) in [5.41, 5.74) is 5.15. The monoisotopic (exact) mass is 415 g/mol. The van der Waals surface area contributed by atoms with Crippen molar-refractivity contribution in [3.05, 3.63) is 115 Å². The Morgan fingerprint density at radius 1 is 0.781 bits per heavy atom. The zero-order valence-electron chi connectivity index (χ0n) is 17.0. The molecule has 0 aliphatic rings. The second-order valence-electron chi connectivity index (χ2n) is 7.51. The SMILES string of the molecule is O=C(c1ccccc1)c1oc2ccccc2c1-c1ccn2nc(-c3ccccc3)cc2n1. The number of carbonyl (C=O) groups is 1. The number of aromatic nitrogens is 3. The zero-order valence-corrected chi connectivity index (χ0v) is 17.0. The highest BCUT2D eigenvalue weighted by molar-refractivity contribution is 6.15. The normalized spacial score (nSPS) is 11.2. The van der Waals surface area contributed by atoms with E-state index in [1.165, 1.54) is 0 Å². The predicted octanol–water partition coefficient (Wildman–Crippen LogP) is 6.04. The fraction of sp³-hybridized carbons (Fsp3) is 0. The topological polar surface area (TPSA) is 60.4 Å². The van der Waals surface area contributed by atoms with E-state index in [1.807, 2.05) is 91.1 Å². The molecule has 0 aliphatic carbocycles. The summed E-state index contributed by atoms with van der Waals surface area (Å²) in [5, 5.41) is 5.49. The maximum absolute atomic E-state index is 13.3. The third kappa shape index (κ3) is 2.99. The molecule has 5 heteroatoms. The smallest absolute Gasteiger partial charge is 0.228 e. The molecule has 0 saturated heterocycles. The number of rotatable bonds is 4. The largest absolute Gasteiger partial charge is 0.452 e. The molecule has 0 amide bonds. The summed E-state index contributed by atoms with van der Waals surface area (Å²) in [5.74, 6) is 0.119. The van der Waals surface area contributed by atoms with Crippen molar-refractivity contribution in [1.29, 1.82) is 0 Å². The number of carbonyl (C=O) groups excluding carboxylic acids is 1. The van der Waals surface area contributed by atoms with Crippen molar-refractivity contribution in [1.82, 2.24) is 14.6 Å². The van der Waals surface area contributed by atoms with Gasteiger partial charge in [0.25, 0.3) is 0 Å². The standard InChI is InChI=1S/C27H17N3O2/c31-26(19-11-5-2-6-12-19)27-25(20-13-7-8-14-23(20)32-27)21-15-16-30-24(28-21)17-22(29-30)18-9-3-1-4-10-18/h1-17H. The molecule has 0 atom stereocenters. The van der Waals surface area contributed by atoms with Crippen LogP contribution in [0.3, 0.4) is 0 Å². The van der Waals surface area contributed by atoms with E-state index < -0.39 is 0 Å². The van der Waals surface area contributed by atoms with Gasteiger partial charge in [0, 0.05) is 28.8 Å². The first-order chi connectivity index (χ1) is 15.8. The van der Waals surface area contributed by atoms with Crippen LogP contribution in [0.4, 0.5) is 0 Å². The third-order valence-corrected chi connectivity index (χ3v) is 5.49. The van der Waals surface area contributed by atoms with Gasteiger partial charge in [-0.25, -0.2) is 9.50 Å². The van der Waals surface area contributed by atoms with E-state index in [2.05, 4.69) is 5.10 Å². The summed E-state index contributed by atoms with van der Waals surface area (Å²) in [6.45, 7) is 0. The Morgan fingerprint density at radius 2 is 1.50 bits per heavy atom. The minimum atomic E-state index is -0.169. The van der Waals surface area contributed by atoms with Crippen LogP contribution in [0.1, 0.15) is 16.1 Å². The third-order valence-electron chi connectivity index (χ3n) is 5.49. The molecule has 6 rings (SSSR count). The van der Waals surface area contributed by atoms with E-state index in [-0.39, 0.29) is 11.5 Å². The highest BCUT2D eigenvalue weighted by Gasteiger charge is 2.24. The minimum absolute atomic E-state index is 0.169. The number of nitrogens with zero attached hydrogens (tertiary/aromatic N) is 3. The molecule has 0 saturated carbocycles. The summed E-state index contributed by atoms with van der Waals surface area (Å²) in [4.78, 5) is 18.2. The lowest BCUT2D eigenvalue weighted by Crippen LogP contribution is -2.02. The van der Waals surface area contributed by atoms with Crippen LogP contribution in [0.2, 0.25) is 0 Å². The van der Waals surface area contributed by atoms with Crippen molar-refractivity contribution in [2.24, 2.45) is 0 Å². The maximum Gasteiger partial charge on any atom is 0.228 e. The van der Waals surface area contributed by atoms with E-state index in [0.29, 0.717) is 28.1 Å². The van der Waals surface area contributed by atoms with Gasteiger partial charge in [0.1, 0.15) is 5.58 Å². The van der Waals surface area contributed by atoms with Crippen LogP contribution < -0.4 is 0 Å². The van der Waals surface area contributed by atoms with Gasteiger partial charge in [0.05, 0.1) is 17.0 Å². The fourth-order valence-corrected chi connectivity index (χ4v) is 3.95. The van der Waals surface area contributed by atoms with E-state index in [4.69, 9.17) is 9.40 Å². The predicted molar refractivity (Wildman–Crippen MR) is 124 cm³/mol. The second kappa shape index (κ2) is 7.32. The van der Waals surface area contributed by atoms with E-state index in [1.54, 1.807) is 16.6 Å². The highest BCUT2D eigenvalue weighted by Crippen LogP contribution is 2.35. The number of para-hydroxylation sites is 1. The molecule has 0 aliphatic heterocycles. The molecule has 3 heterocycles. The first-order valence-corrected chi connectivity index (χ1v) is 10.3. The minimum Gasteiger partial charge on any atom is -0.452 e. The molecule has 3 aromatic carbocycles. The van der Waals surface area contributed by atoms with Gasteiger partial charge in [-0.3, -0.25) is 4.79 Å². The Hall–Kier alpha value is -4.51. The van der Waals surface area contributed by atoms with Crippen LogP contribution >= 0.6 is 0 Å². The van der Waals surface area contributed by atoms with Crippen molar-refractivity contribution >= 4 is 22.4 Å². The summed E-state index contributed by atoms with van der Waals surface area (Å²) in [6.07, 6.45) is 1.86. The highest BCUT2D eigenvalue weighted by atomic mass is 16.3. The van der Waals surface area contributed by atoms with Crippen molar-refractivity contribution in [3.8, 4) is 22.5 Å². The van der Waals surface area contributed by atoms with E-state index in [0.717, 1.165) is 16.6 Å². The number of furan rings is 1. The number of benzene rings is 3. The van der Waals surface area contributed by atoms with Gasteiger partial charge < -0.3 is 4.42 Å². The summed E-state index contributed by atoms with van der Waals surface area (Å²) in [6, 6.07) is 30.6. The van der Waals surface area contributed by atoms with Crippen LogP contribution in [0.25, 0.3) is 39.1 Å². The number of fused-ring (bicyclic) bond motifs is 2. The van der Waals surface area contributed by atoms with Crippen LogP contribution in [0.5, 0.6) is 0 Å². The van der Waals surface area contributed by atoms with E-state index >= 15 is 0 Å². The molecule has 0 radical (unpaired) electrons. The molecule has 152 valence electrons. The molecule has 0 bridgehead atoms. The van der Waals surface area contributed by atoms with Crippen molar-refractivity contribution in [2.75, 3.05) is 0 Å². The summed E-state index contributed by atoms with van der Waals surface area (Å²) < 4.78 is 7.79. The van der Waals surface area contributed by atoms with Gasteiger partial charge in [-0.15, -0.1) is 0 Å². The molecule has 5 nitrogen and oxygen atoms in total. The molecule has 3 aromatic heterocycles. The number of hydrogen-bond acceptors (Lipinski definition) is 4. The van der Waals surface area contributed by atoms with Crippen LogP contribution in [-0.2, 0) is 0 Å². The zero-order chi connectivity index (χ0) is 21.5. The Bertz CT molecular complexity index is 1580. The van der Waals surface area contributed by atoms with Crippen molar-refractivity contribution in [2.45, 2.75) is 0 Å². The lowest BCUT2D eigenvalue weighted by molar-refractivity contribution is 0.101. The fourth-order valence-electron chi connectivity index (χ4n) is 3.95. The summed E-state index contributed by atoms with van der Waals surface area (Å²) >= 11 is 0. The maximum atomic E-state index is 13.3. The van der Waals surface area contributed by atoms with Gasteiger partial charge in [-0.05, 0) is 12.1 Å². The van der Waals surface area contributed by atoms with Crippen LogP contribution in [0.15, 0.2) is 108 Å². The first-order valence-electron chi connectivity index (χ1n) is 10.3. The summed E-state index contributed by atoms with van der Waals surface area (Å²) in [7, 11) is 0. The van der Waals surface area contributed by atoms with Crippen LogP contribution in [0, 0.1) is 0 Å². The first kappa shape index (κ1) is 18.3. The number of ketones is 1. The average molecular weight is 415 g/mol. The van der Waals surface area contributed by atoms with Gasteiger partial charge >= 0.3 is 0 Å². The van der Waals surface area contributed by atoms with Gasteiger partial charge in [0.15, 0.2) is 11.4 Å². The van der Waals surface area contributed by atoms with Crippen molar-refractivity contribution < 1.29 is 9.21 Å². The Labute approximate surface area is 183 Å². The molecule has 0 N–H and O–H groups in total. The molecule has 0 fully saturated rings. The average Bonchev–Trinajstić information content (AvgIpc) is 3.46. The molecule has 0 spiro atoms. The number of hydrogen-bond donors (Lipinski definition) is 0. The van der Waals surface area contributed by atoms with E-state index in [9.17, 15) is 4.79 Å². The van der Waals surface area contributed by atoms with Gasteiger partial charge in [-0.2, -0.15) is 5.10 Å². The molecule has 6 aromatic rings. The molecule has 0 unspecified atom stereocenters. The Morgan fingerprint density at radius 3 is 2.31 bits per heavy atom. The Kier molecular flexibility index (Phi) is 4.18. The second-order valence-corrected chi connectivity index (χ2v) is 7.51. The lowest BCUT2D eigenvalue weighted by atomic mass is 10.0. The molecular formula is C27H17N3O2.